The maximum Gasteiger partial charge on any atom is 0.126 e. The molecule has 3 nitrogen and oxygen atoms in total. The highest BCUT2D eigenvalue weighted by atomic mass is 19.1. The van der Waals surface area contributed by atoms with Gasteiger partial charge in [-0.25, -0.2) is 8.78 Å². The normalized spacial score (nSPS) is 23.6. The number of benzene rings is 1. The number of halogens is 2. The molecule has 17 heavy (non-hydrogen) atoms. The molecule has 1 heterocycles. The van der Waals surface area contributed by atoms with Gasteiger partial charge in [-0.05, 0) is 24.7 Å². The van der Waals surface area contributed by atoms with E-state index in [1.54, 1.807) is 0 Å². The van der Waals surface area contributed by atoms with E-state index < -0.39 is 17.7 Å². The van der Waals surface area contributed by atoms with Crippen LogP contribution in [0.2, 0.25) is 0 Å². The summed E-state index contributed by atoms with van der Waals surface area (Å²) in [6.45, 7) is 2.10. The molecule has 2 rings (SSSR count). The molecule has 0 spiro atoms. The Morgan fingerprint density at radius 1 is 1.35 bits per heavy atom. The van der Waals surface area contributed by atoms with Gasteiger partial charge in [-0.3, -0.25) is 0 Å². The molecule has 0 radical (unpaired) electrons. The molecule has 1 saturated heterocycles. The minimum atomic E-state index is -0.611. The van der Waals surface area contributed by atoms with Crippen LogP contribution < -0.4 is 5.73 Å². The van der Waals surface area contributed by atoms with Crippen LogP contribution in [0.4, 0.5) is 8.78 Å². The summed E-state index contributed by atoms with van der Waals surface area (Å²) in [5.74, 6) is -1.22. The second kappa shape index (κ2) is 5.08. The van der Waals surface area contributed by atoms with E-state index in [1.165, 1.54) is 12.1 Å². The van der Waals surface area contributed by atoms with Crippen LogP contribution >= 0.6 is 0 Å². The van der Waals surface area contributed by atoms with Crippen molar-refractivity contribution in [2.75, 3.05) is 26.7 Å². The number of likely N-dealkylation sites (N-methyl/N-ethyl adjacent to an activating group) is 1. The molecule has 2 N–H and O–H groups in total. The van der Waals surface area contributed by atoms with Gasteiger partial charge >= 0.3 is 0 Å². The predicted molar refractivity (Wildman–Crippen MR) is 60.5 cm³/mol. The molecule has 0 bridgehead atoms. The Kier molecular flexibility index (Phi) is 3.71. The molecule has 1 aromatic carbocycles. The molecule has 1 aromatic rings. The van der Waals surface area contributed by atoms with Crippen molar-refractivity contribution in [1.82, 2.24) is 4.90 Å². The van der Waals surface area contributed by atoms with Crippen LogP contribution in [0.3, 0.4) is 0 Å². The van der Waals surface area contributed by atoms with Crippen molar-refractivity contribution in [3.05, 3.63) is 35.4 Å². The minimum absolute atomic E-state index is 0.227. The van der Waals surface area contributed by atoms with Crippen LogP contribution in [0.5, 0.6) is 0 Å². The number of hydrogen-bond acceptors (Lipinski definition) is 3. The van der Waals surface area contributed by atoms with Gasteiger partial charge in [-0.15, -0.1) is 0 Å². The van der Waals surface area contributed by atoms with Gasteiger partial charge < -0.3 is 15.4 Å². The lowest BCUT2D eigenvalue weighted by atomic mass is 10.0. The number of nitrogens with two attached hydrogens (primary N) is 1. The van der Waals surface area contributed by atoms with Crippen LogP contribution in [0.15, 0.2) is 18.2 Å². The average molecular weight is 242 g/mol. The molecule has 1 fully saturated rings. The summed E-state index contributed by atoms with van der Waals surface area (Å²) >= 11 is 0. The van der Waals surface area contributed by atoms with E-state index in [0.717, 1.165) is 12.6 Å². The van der Waals surface area contributed by atoms with Gasteiger partial charge in [0.15, 0.2) is 0 Å². The maximum atomic E-state index is 13.1. The molecule has 2 atom stereocenters. The molecule has 0 aromatic heterocycles. The predicted octanol–water partition coefficient (Wildman–Crippen LogP) is 1.30. The Labute approximate surface area is 99.2 Å². The standard InChI is InChI=1S/C12H16F2N2O/c1-16-2-3-17-11(7-16)12(15)8-4-9(13)6-10(14)5-8/h4-6,11-12H,2-3,7,15H2,1H3. The summed E-state index contributed by atoms with van der Waals surface area (Å²) in [4.78, 5) is 2.09. The zero-order valence-electron chi connectivity index (χ0n) is 9.70. The van der Waals surface area contributed by atoms with Crippen LogP contribution in [-0.2, 0) is 4.74 Å². The Balaban J connectivity index is 2.15. The summed E-state index contributed by atoms with van der Waals surface area (Å²) in [6.07, 6.45) is -0.227. The summed E-state index contributed by atoms with van der Waals surface area (Å²) in [6, 6.07) is 2.84. The number of ether oxygens (including phenoxy) is 1. The highest BCUT2D eigenvalue weighted by Gasteiger charge is 2.25. The van der Waals surface area contributed by atoms with Crippen molar-refractivity contribution < 1.29 is 13.5 Å². The molecule has 1 aliphatic heterocycles. The van der Waals surface area contributed by atoms with Crippen LogP contribution in [0.25, 0.3) is 0 Å². The maximum absolute atomic E-state index is 13.1. The van der Waals surface area contributed by atoms with Crippen LogP contribution in [-0.4, -0.2) is 37.7 Å². The molecular formula is C12H16F2N2O. The summed E-state index contributed by atoms with van der Waals surface area (Å²) in [7, 11) is 1.97. The van der Waals surface area contributed by atoms with Gasteiger partial charge in [0.1, 0.15) is 11.6 Å². The van der Waals surface area contributed by atoms with E-state index in [1.807, 2.05) is 7.05 Å². The van der Waals surface area contributed by atoms with Gasteiger partial charge in [-0.2, -0.15) is 0 Å². The number of rotatable bonds is 2. The molecule has 2 unspecified atom stereocenters. The minimum Gasteiger partial charge on any atom is -0.374 e. The first kappa shape index (κ1) is 12.4. The van der Waals surface area contributed by atoms with Crippen molar-refractivity contribution in [2.24, 2.45) is 5.73 Å². The first-order valence-electron chi connectivity index (χ1n) is 5.58. The zero-order chi connectivity index (χ0) is 12.4. The fraction of sp³-hybridized carbons (Fsp3) is 0.500. The van der Waals surface area contributed by atoms with Crippen molar-refractivity contribution in [1.29, 1.82) is 0 Å². The fourth-order valence-electron chi connectivity index (χ4n) is 2.01. The first-order chi connectivity index (χ1) is 8.06. The van der Waals surface area contributed by atoms with Gasteiger partial charge in [0.05, 0.1) is 18.8 Å². The lowest BCUT2D eigenvalue weighted by molar-refractivity contribution is -0.0326. The third-order valence-electron chi connectivity index (χ3n) is 2.97. The molecule has 5 heteroatoms. The van der Waals surface area contributed by atoms with Crippen molar-refractivity contribution >= 4 is 0 Å². The molecule has 94 valence electrons. The summed E-state index contributed by atoms with van der Waals surface area (Å²) in [5, 5.41) is 0. The summed E-state index contributed by atoms with van der Waals surface area (Å²) in [5.41, 5.74) is 6.42. The second-order valence-corrected chi connectivity index (χ2v) is 4.40. The molecule has 0 amide bonds. The van der Waals surface area contributed by atoms with E-state index in [9.17, 15) is 8.78 Å². The largest absolute Gasteiger partial charge is 0.374 e. The van der Waals surface area contributed by atoms with Gasteiger partial charge in [0.25, 0.3) is 0 Å². The monoisotopic (exact) mass is 242 g/mol. The average Bonchev–Trinajstić information content (AvgIpc) is 2.26. The highest BCUT2D eigenvalue weighted by molar-refractivity contribution is 5.22. The Morgan fingerprint density at radius 2 is 2.00 bits per heavy atom. The smallest absolute Gasteiger partial charge is 0.126 e. The topological polar surface area (TPSA) is 38.5 Å². The number of hydrogen-bond donors (Lipinski definition) is 1. The van der Waals surface area contributed by atoms with Gasteiger partial charge in [-0.1, -0.05) is 0 Å². The molecule has 1 aliphatic rings. The van der Waals surface area contributed by atoms with Crippen molar-refractivity contribution in [2.45, 2.75) is 12.1 Å². The van der Waals surface area contributed by atoms with E-state index in [-0.39, 0.29) is 6.10 Å². The summed E-state index contributed by atoms with van der Waals surface area (Å²) < 4.78 is 31.7. The van der Waals surface area contributed by atoms with Gasteiger partial charge in [0, 0.05) is 19.2 Å². The fourth-order valence-corrected chi connectivity index (χ4v) is 2.01. The highest BCUT2D eigenvalue weighted by Crippen LogP contribution is 2.21. The molecule has 0 saturated carbocycles. The first-order valence-corrected chi connectivity index (χ1v) is 5.58. The number of morpholine rings is 1. The van der Waals surface area contributed by atoms with Crippen LogP contribution in [0.1, 0.15) is 11.6 Å². The van der Waals surface area contributed by atoms with E-state index in [4.69, 9.17) is 10.5 Å². The van der Waals surface area contributed by atoms with E-state index in [2.05, 4.69) is 4.90 Å². The quantitative estimate of drug-likeness (QED) is 0.849. The lowest BCUT2D eigenvalue weighted by Crippen LogP contribution is -2.45. The third kappa shape index (κ3) is 3.00. The van der Waals surface area contributed by atoms with Gasteiger partial charge in [0.2, 0.25) is 0 Å². The van der Waals surface area contributed by atoms with E-state index >= 15 is 0 Å². The SMILES string of the molecule is CN1CCOC(C(N)c2cc(F)cc(F)c2)C1. The van der Waals surface area contributed by atoms with Crippen LogP contribution in [0, 0.1) is 11.6 Å². The van der Waals surface area contributed by atoms with Crippen molar-refractivity contribution in [3.8, 4) is 0 Å². The molecular weight excluding hydrogens is 226 g/mol. The lowest BCUT2D eigenvalue weighted by Gasteiger charge is -2.33. The molecule has 0 aliphatic carbocycles. The Hall–Kier alpha value is -1.04. The second-order valence-electron chi connectivity index (χ2n) is 4.40. The Morgan fingerprint density at radius 3 is 2.59 bits per heavy atom. The third-order valence-corrected chi connectivity index (χ3v) is 2.97. The van der Waals surface area contributed by atoms with E-state index in [0.29, 0.717) is 18.7 Å². The number of nitrogens with zero attached hydrogens (tertiary/aromatic N) is 1. The van der Waals surface area contributed by atoms with Crippen molar-refractivity contribution in [3.63, 3.8) is 0 Å². The zero-order valence-corrected chi connectivity index (χ0v) is 9.70. The Bertz CT molecular complexity index is 380.